The maximum Gasteiger partial charge on any atom is 0.219 e. The minimum absolute atomic E-state index is 0.0715. The van der Waals surface area contributed by atoms with Crippen molar-refractivity contribution in [3.8, 4) is 0 Å². The van der Waals surface area contributed by atoms with Gasteiger partial charge in [0, 0.05) is 78.6 Å². The summed E-state index contributed by atoms with van der Waals surface area (Å²) in [7, 11) is 3.65. The van der Waals surface area contributed by atoms with Crippen LogP contribution in [0.4, 0.5) is 4.39 Å². The number of likely N-dealkylation sites (N-methyl/N-ethyl adjacent to an activating group) is 1. The van der Waals surface area contributed by atoms with E-state index in [2.05, 4.69) is 177 Å². The number of nitrogens with zero attached hydrogens (tertiary/aromatic N) is 3. The molecule has 0 spiro atoms. The summed E-state index contributed by atoms with van der Waals surface area (Å²) in [5.74, 6) is 1.69. The van der Waals surface area contributed by atoms with Gasteiger partial charge >= 0.3 is 0 Å². The Balaban J connectivity index is 0.000000241. The van der Waals surface area contributed by atoms with Crippen LogP contribution in [0.2, 0.25) is 0 Å². The number of halogens is 1. The normalized spacial score (nSPS) is 17.8. The molecule has 3 aliphatic heterocycles. The second-order valence-corrected chi connectivity index (χ2v) is 24.7. The summed E-state index contributed by atoms with van der Waals surface area (Å²) in [6.07, 6.45) is 18.5. The Hall–Kier alpha value is -3.92. The van der Waals surface area contributed by atoms with Crippen molar-refractivity contribution in [2.24, 2.45) is 11.8 Å². The van der Waals surface area contributed by atoms with Crippen molar-refractivity contribution in [2.45, 2.75) is 188 Å². The lowest BCUT2D eigenvalue weighted by atomic mass is 9.77. The molecule has 1 amide bonds. The summed E-state index contributed by atoms with van der Waals surface area (Å²) in [5, 5.41) is 3.53. The average Bonchev–Trinajstić information content (AvgIpc) is 3.36. The molecule has 8 heteroatoms. The molecule has 3 aromatic carbocycles. The molecule has 1 N–H and O–H groups in total. The minimum atomic E-state index is -0.208. The molecule has 6 rings (SSSR count). The molecule has 3 aromatic rings. The first-order valence-electron chi connectivity index (χ1n) is 28.4. The third kappa shape index (κ3) is 21.6. The number of nitrogens with one attached hydrogen (secondary N) is 1. The summed E-state index contributed by atoms with van der Waals surface area (Å²) in [5.41, 5.74) is 8.40. The molecule has 3 unspecified atom stereocenters. The number of piperidine rings is 2. The summed E-state index contributed by atoms with van der Waals surface area (Å²) < 4.78 is 24.3. The topological polar surface area (TPSA) is 57.3 Å². The number of benzene rings is 3. The number of methoxy groups -OCH3 is 1. The summed E-state index contributed by atoms with van der Waals surface area (Å²) in [6, 6.07) is 30.0. The Morgan fingerprint density at radius 1 is 0.622 bits per heavy atom. The van der Waals surface area contributed by atoms with E-state index >= 15 is 0 Å². The lowest BCUT2D eigenvalue weighted by Crippen LogP contribution is -2.44. The molecule has 0 aromatic heterocycles. The van der Waals surface area contributed by atoms with Crippen molar-refractivity contribution >= 4 is 5.91 Å². The van der Waals surface area contributed by atoms with E-state index in [9.17, 15) is 9.18 Å². The number of ether oxygens (including phenoxy) is 2. The number of carbonyl (C=O) groups is 1. The van der Waals surface area contributed by atoms with Gasteiger partial charge in [-0.1, -0.05) is 149 Å². The van der Waals surface area contributed by atoms with Gasteiger partial charge in [-0.05, 0) is 169 Å². The van der Waals surface area contributed by atoms with Gasteiger partial charge in [0.25, 0.3) is 0 Å². The van der Waals surface area contributed by atoms with Crippen LogP contribution in [-0.2, 0) is 30.5 Å². The molecule has 3 atom stereocenters. The van der Waals surface area contributed by atoms with Gasteiger partial charge in [-0.3, -0.25) is 14.6 Å². The Bertz CT molecular complexity index is 2130. The highest BCUT2D eigenvalue weighted by molar-refractivity contribution is 5.72. The van der Waals surface area contributed by atoms with E-state index < -0.39 is 0 Å². The second-order valence-electron chi connectivity index (χ2n) is 24.7. The third-order valence-corrected chi connectivity index (χ3v) is 16.1. The smallest absolute Gasteiger partial charge is 0.219 e. The molecular weight excluding hydrogens is 916 g/mol. The van der Waals surface area contributed by atoms with Gasteiger partial charge in [-0.2, -0.15) is 0 Å². The largest absolute Gasteiger partial charge is 0.381 e. The summed E-state index contributed by atoms with van der Waals surface area (Å²) in [4.78, 5) is 18.4. The molecule has 7 nitrogen and oxygen atoms in total. The van der Waals surface area contributed by atoms with Crippen molar-refractivity contribution in [1.82, 2.24) is 20.0 Å². The predicted octanol–water partition coefficient (Wildman–Crippen LogP) is 14.5. The number of likely N-dealkylation sites (tertiary alicyclic amines) is 2. The first kappa shape index (κ1) is 62.6. The van der Waals surface area contributed by atoms with E-state index in [1.54, 1.807) is 11.8 Å². The Labute approximate surface area is 451 Å². The van der Waals surface area contributed by atoms with E-state index in [0.717, 1.165) is 75.9 Å². The SMILES string of the molecule is CC(=O)N(C)CCNC(C=C(C)C)CC(C)(C)c1ccc(F)cc1.CC(C)=CC(CC(C)(C)c1ccccc1)N1CCC(C2CCOCC2)CC1.COC1CCN(C(C=C(C)C)CC(C)(C)c2ccccc2)CC1. The van der Waals surface area contributed by atoms with Crippen molar-refractivity contribution in [3.63, 3.8) is 0 Å². The quantitative estimate of drug-likeness (QED) is 0.114. The zero-order valence-corrected chi connectivity index (χ0v) is 49.2. The highest BCUT2D eigenvalue weighted by atomic mass is 19.1. The van der Waals surface area contributed by atoms with E-state index in [1.165, 1.54) is 85.2 Å². The number of hydrogen-bond donors (Lipinski definition) is 1. The molecule has 412 valence electrons. The molecular formula is C66H103FN4O3. The molecule has 0 radical (unpaired) electrons. The van der Waals surface area contributed by atoms with Crippen molar-refractivity contribution in [2.75, 3.05) is 66.6 Å². The molecule has 3 fully saturated rings. The van der Waals surface area contributed by atoms with Gasteiger partial charge < -0.3 is 19.7 Å². The van der Waals surface area contributed by atoms with Crippen LogP contribution in [-0.4, -0.2) is 111 Å². The Morgan fingerprint density at radius 2 is 1.03 bits per heavy atom. The fraction of sp³-hybridized carbons (Fsp3) is 0.621. The zero-order chi connectivity index (χ0) is 54.5. The molecule has 74 heavy (non-hydrogen) atoms. The minimum Gasteiger partial charge on any atom is -0.381 e. The van der Waals surface area contributed by atoms with Crippen molar-refractivity contribution < 1.29 is 18.7 Å². The number of carbonyl (C=O) groups excluding carboxylic acids is 1. The van der Waals surface area contributed by atoms with Crippen LogP contribution in [0.3, 0.4) is 0 Å². The van der Waals surface area contributed by atoms with Crippen molar-refractivity contribution in [3.05, 3.63) is 142 Å². The van der Waals surface area contributed by atoms with Crippen LogP contribution in [0.15, 0.2) is 120 Å². The van der Waals surface area contributed by atoms with Crippen LogP contribution < -0.4 is 5.32 Å². The van der Waals surface area contributed by atoms with Crippen LogP contribution in [0.5, 0.6) is 0 Å². The van der Waals surface area contributed by atoms with Gasteiger partial charge in [0.15, 0.2) is 0 Å². The van der Waals surface area contributed by atoms with E-state index in [4.69, 9.17) is 9.47 Å². The standard InChI is InChI=1S/C25H39NO.C21H33NO.C20H31FN2O/c1-20(2)18-24(19-25(3,4)23-8-6-5-7-9-23)26-14-10-21(11-15-26)22-12-16-27-17-13-22;1-17(2)15-19(22-13-11-20(23-5)12-14-22)16-21(3,4)18-9-7-6-8-10-18;1-15(2)13-19(22-11-12-23(6)16(3)24)14-20(4,5)17-7-9-18(21)10-8-17/h5-9,18,21-22,24H,10-17,19H2,1-4H3;6-10,15,19-20H,11-14,16H2,1-5H3;7-10,13,19,22H,11-12,14H2,1-6H3. The zero-order valence-electron chi connectivity index (χ0n) is 49.2. The van der Waals surface area contributed by atoms with Crippen LogP contribution >= 0.6 is 0 Å². The van der Waals surface area contributed by atoms with E-state index in [1.807, 2.05) is 26.3 Å². The van der Waals surface area contributed by atoms with Gasteiger partial charge in [0.2, 0.25) is 5.91 Å². The molecule has 0 aliphatic carbocycles. The highest BCUT2D eigenvalue weighted by Gasteiger charge is 2.34. The van der Waals surface area contributed by atoms with E-state index in [-0.39, 0.29) is 34.0 Å². The molecule has 3 aliphatic rings. The number of hydrogen-bond acceptors (Lipinski definition) is 6. The van der Waals surface area contributed by atoms with Gasteiger partial charge in [0.1, 0.15) is 5.82 Å². The first-order chi connectivity index (χ1) is 35.0. The number of allylic oxidation sites excluding steroid dienone is 3. The fourth-order valence-electron chi connectivity index (χ4n) is 11.5. The highest BCUT2D eigenvalue weighted by Crippen LogP contribution is 2.37. The molecule has 0 saturated carbocycles. The molecule has 3 heterocycles. The monoisotopic (exact) mass is 1020 g/mol. The van der Waals surface area contributed by atoms with E-state index in [0.29, 0.717) is 24.7 Å². The average molecular weight is 1020 g/mol. The van der Waals surface area contributed by atoms with Gasteiger partial charge in [-0.25, -0.2) is 4.39 Å². The number of rotatable bonds is 20. The predicted molar refractivity (Wildman–Crippen MR) is 313 cm³/mol. The van der Waals surface area contributed by atoms with Crippen LogP contribution in [0.25, 0.3) is 0 Å². The molecule has 3 saturated heterocycles. The lowest BCUT2D eigenvalue weighted by molar-refractivity contribution is -0.127. The lowest BCUT2D eigenvalue weighted by Gasteiger charge is -2.42. The summed E-state index contributed by atoms with van der Waals surface area (Å²) in [6.45, 7) is 36.7. The summed E-state index contributed by atoms with van der Waals surface area (Å²) >= 11 is 0. The first-order valence-corrected chi connectivity index (χ1v) is 28.4. The maximum atomic E-state index is 13.2. The third-order valence-electron chi connectivity index (χ3n) is 16.1. The second kappa shape index (κ2) is 30.7. The maximum absolute atomic E-state index is 13.2. The molecule has 0 bridgehead atoms. The van der Waals surface area contributed by atoms with Crippen LogP contribution in [0, 0.1) is 17.7 Å². The Kier molecular flexibility index (Phi) is 26.0. The van der Waals surface area contributed by atoms with Gasteiger partial charge in [0.05, 0.1) is 6.10 Å². The Morgan fingerprint density at radius 3 is 1.45 bits per heavy atom. The van der Waals surface area contributed by atoms with Crippen molar-refractivity contribution in [1.29, 1.82) is 0 Å². The van der Waals surface area contributed by atoms with Crippen LogP contribution in [0.1, 0.15) is 164 Å². The fourth-order valence-corrected chi connectivity index (χ4v) is 11.5. The number of amides is 1. The van der Waals surface area contributed by atoms with Gasteiger partial charge in [-0.15, -0.1) is 0 Å².